The van der Waals surface area contributed by atoms with Gasteiger partial charge in [0.2, 0.25) is 11.8 Å². The van der Waals surface area contributed by atoms with Gasteiger partial charge in [0, 0.05) is 5.39 Å². The number of hydrogen-bond acceptors (Lipinski definition) is 13. The third-order valence-electron chi connectivity index (χ3n) is 7.25. The molecule has 4 aromatic rings. The van der Waals surface area contributed by atoms with Crippen LogP contribution < -0.4 is 20.1 Å². The normalized spacial score (nSPS) is 23.7. The number of hydrogen-bond donors (Lipinski definition) is 4. The number of methoxy groups -OCH3 is 1. The fourth-order valence-corrected chi connectivity index (χ4v) is 6.45. The SMILES string of the molecule is COc1nc(N)nc2c1ncn2C1OC(COP(=O)(N[C@@H](C)C(=O)OCC(C)C)Oc2cccc3ccccc23)[C@@H](O)[C@@]1(C)O. The van der Waals surface area contributed by atoms with Crippen molar-refractivity contribution in [3.63, 3.8) is 0 Å². The summed E-state index contributed by atoms with van der Waals surface area (Å²) in [5.74, 6) is -0.307. The second-order valence-corrected chi connectivity index (χ2v) is 13.0. The highest BCUT2D eigenvalue weighted by atomic mass is 31.2. The van der Waals surface area contributed by atoms with Crippen molar-refractivity contribution in [1.82, 2.24) is 24.6 Å². The number of benzene rings is 2. The number of rotatable bonds is 12. The molecule has 45 heavy (non-hydrogen) atoms. The summed E-state index contributed by atoms with van der Waals surface area (Å²) in [6.45, 7) is 6.28. The van der Waals surface area contributed by atoms with Gasteiger partial charge in [-0.2, -0.15) is 15.1 Å². The maximum Gasteiger partial charge on any atom is 0.459 e. The van der Waals surface area contributed by atoms with Gasteiger partial charge in [-0.05, 0) is 31.2 Å². The number of aliphatic hydroxyl groups excluding tert-OH is 1. The van der Waals surface area contributed by atoms with Gasteiger partial charge in [-0.15, -0.1) is 0 Å². The van der Waals surface area contributed by atoms with Crippen molar-refractivity contribution in [1.29, 1.82) is 0 Å². The largest absolute Gasteiger partial charge is 0.479 e. The molecule has 1 fully saturated rings. The Morgan fingerprint density at radius 3 is 2.67 bits per heavy atom. The molecule has 6 atom stereocenters. The van der Waals surface area contributed by atoms with Gasteiger partial charge in [0.05, 0.1) is 26.7 Å². The van der Waals surface area contributed by atoms with Gasteiger partial charge in [0.25, 0.3) is 0 Å². The van der Waals surface area contributed by atoms with Crippen molar-refractivity contribution in [2.24, 2.45) is 5.92 Å². The monoisotopic (exact) mass is 644 g/mol. The number of carbonyl (C=O) groups excluding carboxylic acids is 1. The lowest BCUT2D eigenvalue weighted by Gasteiger charge is -2.27. The molecule has 0 bridgehead atoms. The van der Waals surface area contributed by atoms with E-state index in [0.717, 1.165) is 5.39 Å². The topological polar surface area (TPSA) is 202 Å². The summed E-state index contributed by atoms with van der Waals surface area (Å²) in [4.78, 5) is 25.1. The average Bonchev–Trinajstić information content (AvgIpc) is 3.51. The lowest BCUT2D eigenvalue weighted by atomic mass is 9.96. The first-order valence-corrected chi connectivity index (χ1v) is 15.8. The molecule has 2 aromatic heterocycles. The van der Waals surface area contributed by atoms with E-state index in [-0.39, 0.29) is 41.3 Å². The summed E-state index contributed by atoms with van der Waals surface area (Å²) >= 11 is 0. The van der Waals surface area contributed by atoms with Gasteiger partial charge in [-0.25, -0.2) is 9.55 Å². The van der Waals surface area contributed by atoms with Crippen LogP contribution in [0.5, 0.6) is 11.6 Å². The van der Waals surface area contributed by atoms with Gasteiger partial charge in [-0.1, -0.05) is 50.2 Å². The molecule has 5 rings (SSSR count). The summed E-state index contributed by atoms with van der Waals surface area (Å²) in [7, 11) is -2.96. The van der Waals surface area contributed by atoms with Crippen molar-refractivity contribution in [2.45, 2.75) is 57.8 Å². The van der Waals surface area contributed by atoms with Crippen molar-refractivity contribution in [2.75, 3.05) is 26.1 Å². The third kappa shape index (κ3) is 6.73. The molecule has 0 spiro atoms. The van der Waals surface area contributed by atoms with Gasteiger partial charge in [0.15, 0.2) is 17.4 Å². The Hall–Kier alpha value is -3.85. The third-order valence-corrected chi connectivity index (χ3v) is 8.88. The summed E-state index contributed by atoms with van der Waals surface area (Å²) < 4.78 is 44.0. The lowest BCUT2D eigenvalue weighted by Crippen LogP contribution is -2.44. The van der Waals surface area contributed by atoms with Gasteiger partial charge >= 0.3 is 13.7 Å². The van der Waals surface area contributed by atoms with Gasteiger partial charge in [0.1, 0.15) is 29.6 Å². The second kappa shape index (κ2) is 12.9. The fraction of sp³-hybridized carbons (Fsp3) is 0.448. The lowest BCUT2D eigenvalue weighted by molar-refractivity contribution is -0.146. The number of carbonyl (C=O) groups is 1. The highest BCUT2D eigenvalue weighted by Gasteiger charge is 2.54. The van der Waals surface area contributed by atoms with E-state index in [1.807, 2.05) is 32.0 Å². The van der Waals surface area contributed by atoms with Gasteiger partial charge < -0.3 is 34.7 Å². The van der Waals surface area contributed by atoms with E-state index in [1.165, 1.54) is 31.9 Å². The molecule has 0 saturated carbocycles. The fourth-order valence-electron chi connectivity index (χ4n) is 4.93. The Morgan fingerprint density at radius 1 is 1.20 bits per heavy atom. The van der Waals surface area contributed by atoms with Gasteiger partial charge in [-0.3, -0.25) is 13.9 Å². The number of nitrogens with zero attached hydrogens (tertiary/aromatic N) is 4. The highest BCUT2D eigenvalue weighted by molar-refractivity contribution is 7.52. The Labute approximate surface area is 259 Å². The van der Waals surface area contributed by atoms with E-state index in [2.05, 4.69) is 20.0 Å². The molecule has 0 radical (unpaired) electrons. The summed E-state index contributed by atoms with van der Waals surface area (Å²) in [6.07, 6.45) is -2.61. The molecule has 2 aromatic carbocycles. The Kier molecular flexibility index (Phi) is 9.31. The van der Waals surface area contributed by atoms with E-state index < -0.39 is 50.4 Å². The van der Waals surface area contributed by atoms with Crippen molar-refractivity contribution >= 4 is 41.6 Å². The molecular formula is C29H37N6O9P. The van der Waals surface area contributed by atoms with Crippen LogP contribution in [0.25, 0.3) is 21.9 Å². The number of aromatic nitrogens is 4. The minimum absolute atomic E-state index is 0.0921. The van der Waals surface area contributed by atoms with E-state index in [4.69, 9.17) is 29.0 Å². The van der Waals surface area contributed by atoms with E-state index >= 15 is 0 Å². The molecule has 16 heteroatoms. The molecule has 5 N–H and O–H groups in total. The summed E-state index contributed by atoms with van der Waals surface area (Å²) in [6, 6.07) is 11.4. The molecule has 0 amide bonds. The molecule has 15 nitrogen and oxygen atoms in total. The van der Waals surface area contributed by atoms with Crippen LogP contribution in [0.4, 0.5) is 5.95 Å². The van der Waals surface area contributed by atoms with Crippen LogP contribution in [0.15, 0.2) is 48.8 Å². The molecular weight excluding hydrogens is 607 g/mol. The van der Waals surface area contributed by atoms with E-state index in [1.54, 1.807) is 24.3 Å². The summed E-state index contributed by atoms with van der Waals surface area (Å²) in [5, 5.41) is 26.6. The maximum atomic E-state index is 14.3. The second-order valence-electron chi connectivity index (χ2n) is 11.3. The van der Waals surface area contributed by atoms with Crippen LogP contribution >= 0.6 is 7.75 Å². The number of esters is 1. The number of nitrogen functional groups attached to an aromatic ring is 1. The number of aliphatic hydroxyl groups is 2. The first-order valence-electron chi connectivity index (χ1n) is 14.3. The highest BCUT2D eigenvalue weighted by Crippen LogP contribution is 2.48. The van der Waals surface area contributed by atoms with E-state index in [9.17, 15) is 19.6 Å². The number of ether oxygens (including phenoxy) is 3. The van der Waals surface area contributed by atoms with Crippen LogP contribution in [-0.4, -0.2) is 79.9 Å². The Bertz CT molecular complexity index is 1730. The van der Waals surface area contributed by atoms with Crippen LogP contribution in [0, 0.1) is 5.92 Å². The van der Waals surface area contributed by atoms with Crippen molar-refractivity contribution in [3.05, 3.63) is 48.8 Å². The molecule has 1 aliphatic rings. The molecule has 1 saturated heterocycles. The number of anilines is 1. The molecule has 0 aliphatic carbocycles. The Balaban J connectivity index is 1.40. The maximum absolute atomic E-state index is 14.3. The molecule has 1 aliphatic heterocycles. The smallest absolute Gasteiger partial charge is 0.459 e. The first-order chi connectivity index (χ1) is 21.3. The number of nitrogens with two attached hydrogens (primary N) is 1. The van der Waals surface area contributed by atoms with Crippen LogP contribution in [0.3, 0.4) is 0 Å². The zero-order valence-electron chi connectivity index (χ0n) is 25.5. The molecule has 242 valence electrons. The van der Waals surface area contributed by atoms with Crippen LogP contribution in [0.2, 0.25) is 0 Å². The number of nitrogens with one attached hydrogen (secondary N) is 1. The minimum atomic E-state index is -4.36. The number of imidazole rings is 1. The zero-order chi connectivity index (χ0) is 32.5. The van der Waals surface area contributed by atoms with Crippen LogP contribution in [-0.2, 0) is 23.4 Å². The van der Waals surface area contributed by atoms with E-state index in [0.29, 0.717) is 5.39 Å². The molecule has 3 unspecified atom stereocenters. The summed E-state index contributed by atoms with van der Waals surface area (Å²) in [5.41, 5.74) is 4.40. The zero-order valence-corrected chi connectivity index (χ0v) is 26.4. The predicted molar refractivity (Wildman–Crippen MR) is 163 cm³/mol. The molecule has 3 heterocycles. The standard InChI is InChI=1S/C29H37N6O9P/c1-16(2)13-41-26(37)17(3)34-45(39,44-20-12-8-10-18-9-6-7-11-19(18)20)42-14-21-23(36)29(4,38)27(43-21)35-15-31-22-24(35)32-28(30)33-25(22)40-5/h6-12,15-17,21,23,27,36,38H,13-14H2,1-5H3,(H,34,39)(H2,30,32,33)/t17-,21?,23+,27?,29+,45?/m0/s1. The predicted octanol–water partition coefficient (Wildman–Crippen LogP) is 2.96. The van der Waals surface area contributed by atoms with Crippen LogP contribution in [0.1, 0.15) is 33.9 Å². The number of fused-ring (bicyclic) bond motifs is 2. The average molecular weight is 645 g/mol. The first kappa shape index (κ1) is 32.5. The van der Waals surface area contributed by atoms with Crippen molar-refractivity contribution in [3.8, 4) is 11.6 Å². The van der Waals surface area contributed by atoms with Crippen molar-refractivity contribution < 1.29 is 42.8 Å². The minimum Gasteiger partial charge on any atom is -0.479 e. The Morgan fingerprint density at radius 2 is 1.93 bits per heavy atom. The quantitative estimate of drug-likeness (QED) is 0.129.